The Morgan fingerprint density at radius 3 is 2.72 bits per heavy atom. The molecule has 0 N–H and O–H groups in total. The summed E-state index contributed by atoms with van der Waals surface area (Å²) in [6, 6.07) is 5.86. The van der Waals surface area contributed by atoms with E-state index in [1.54, 1.807) is 13.2 Å². The molecule has 1 heterocycles. The molecular weight excluding hydrogens is 364 g/mol. The van der Waals surface area contributed by atoms with E-state index in [-0.39, 0.29) is 11.4 Å². The van der Waals surface area contributed by atoms with Gasteiger partial charge in [0.15, 0.2) is 0 Å². The van der Waals surface area contributed by atoms with Crippen LogP contribution in [0.4, 0.5) is 0 Å². The van der Waals surface area contributed by atoms with E-state index in [0.29, 0.717) is 13.2 Å². The minimum Gasteiger partial charge on any atom is -0.497 e. The van der Waals surface area contributed by atoms with Gasteiger partial charge in [0.25, 0.3) is 0 Å². The molecule has 1 aromatic rings. The Morgan fingerprint density at radius 2 is 2.03 bits per heavy atom. The third-order valence-electron chi connectivity index (χ3n) is 4.78. The number of benzene rings is 1. The van der Waals surface area contributed by atoms with Crippen molar-refractivity contribution in [1.82, 2.24) is 0 Å². The van der Waals surface area contributed by atoms with Crippen molar-refractivity contribution in [3.8, 4) is 11.5 Å². The lowest BCUT2D eigenvalue weighted by Gasteiger charge is -2.18. The van der Waals surface area contributed by atoms with Crippen LogP contribution in [0.5, 0.6) is 11.5 Å². The molecule has 158 valence electrons. The third-order valence-corrected chi connectivity index (χ3v) is 4.78. The highest BCUT2D eigenvalue weighted by Crippen LogP contribution is 2.38. The van der Waals surface area contributed by atoms with Gasteiger partial charge in [-0.15, -0.1) is 0 Å². The molecule has 0 atom stereocenters. The second kappa shape index (κ2) is 10.9. The molecule has 29 heavy (non-hydrogen) atoms. The summed E-state index contributed by atoms with van der Waals surface area (Å²) in [6.07, 6.45) is 12.1. The van der Waals surface area contributed by atoms with E-state index in [4.69, 9.17) is 14.2 Å². The van der Waals surface area contributed by atoms with Gasteiger partial charge >= 0.3 is 5.97 Å². The Labute approximate surface area is 175 Å². The van der Waals surface area contributed by atoms with Gasteiger partial charge in [-0.1, -0.05) is 51.8 Å². The number of carbonyl (C=O) groups is 1. The van der Waals surface area contributed by atoms with Crippen molar-refractivity contribution < 1.29 is 19.0 Å². The standard InChI is InChI=1S/C25H34O4/c1-6-8-9-10-19(15-24(26)28-7-2)11-12-20-17-25(3,4)18-29-23-14-13-21(27-5)16-22(20)23/h11-17H,6-10,18H2,1-5H3/b12-11+,19-15+. The molecule has 4 nitrogen and oxygen atoms in total. The third kappa shape index (κ3) is 7.12. The van der Waals surface area contributed by atoms with Crippen LogP contribution in [0.2, 0.25) is 0 Å². The van der Waals surface area contributed by atoms with Crippen molar-refractivity contribution in [2.45, 2.75) is 53.4 Å². The van der Waals surface area contributed by atoms with Gasteiger partial charge in [0, 0.05) is 17.1 Å². The molecule has 0 aromatic heterocycles. The molecule has 4 heteroatoms. The molecule has 0 saturated carbocycles. The molecule has 2 rings (SSSR count). The van der Waals surface area contributed by atoms with Gasteiger partial charge in [-0.05, 0) is 49.1 Å². The molecule has 1 aliphatic heterocycles. The Bertz CT molecular complexity index is 784. The summed E-state index contributed by atoms with van der Waals surface area (Å²) in [5.41, 5.74) is 2.92. The Balaban J connectivity index is 2.38. The Kier molecular flexibility index (Phi) is 8.56. The van der Waals surface area contributed by atoms with Crippen molar-refractivity contribution in [2.24, 2.45) is 5.41 Å². The zero-order chi connectivity index (χ0) is 21.3. The quantitative estimate of drug-likeness (QED) is 0.217. The number of methoxy groups -OCH3 is 1. The molecule has 0 saturated heterocycles. The number of hydrogen-bond donors (Lipinski definition) is 0. The molecule has 0 spiro atoms. The highest BCUT2D eigenvalue weighted by atomic mass is 16.5. The zero-order valence-corrected chi connectivity index (χ0v) is 18.4. The van der Waals surface area contributed by atoms with E-state index in [1.165, 1.54) is 0 Å². The summed E-state index contributed by atoms with van der Waals surface area (Å²) < 4.78 is 16.6. The maximum absolute atomic E-state index is 12.0. The number of carbonyl (C=O) groups excluding carboxylic acids is 1. The predicted molar refractivity (Wildman–Crippen MR) is 118 cm³/mol. The molecule has 1 aromatic carbocycles. The predicted octanol–water partition coefficient (Wildman–Crippen LogP) is 6.12. The fourth-order valence-corrected chi connectivity index (χ4v) is 3.24. The van der Waals surface area contributed by atoms with Gasteiger partial charge in [-0.3, -0.25) is 0 Å². The number of unbranched alkanes of at least 4 members (excludes halogenated alkanes) is 2. The van der Waals surface area contributed by atoms with Crippen LogP contribution < -0.4 is 9.47 Å². The van der Waals surface area contributed by atoms with Crippen molar-refractivity contribution in [1.29, 1.82) is 0 Å². The molecule has 0 bridgehead atoms. The maximum atomic E-state index is 12.0. The lowest BCUT2D eigenvalue weighted by Crippen LogP contribution is -2.17. The lowest BCUT2D eigenvalue weighted by molar-refractivity contribution is -0.137. The average molecular weight is 399 g/mol. The Hall–Kier alpha value is -2.49. The SMILES string of the molecule is CCCCCC(/C=C/C1=CC(C)(C)COc2ccc(OC)cc21)=C\C(=O)OCC. The molecular formula is C25H34O4. The number of ether oxygens (including phenoxy) is 3. The lowest BCUT2D eigenvalue weighted by atomic mass is 9.90. The van der Waals surface area contributed by atoms with Crippen LogP contribution in [0.3, 0.4) is 0 Å². The van der Waals surface area contributed by atoms with Gasteiger partial charge in [0.05, 0.1) is 20.3 Å². The van der Waals surface area contributed by atoms with Crippen LogP contribution in [-0.2, 0) is 9.53 Å². The first kappa shape index (κ1) is 22.8. The summed E-state index contributed by atoms with van der Waals surface area (Å²) in [4.78, 5) is 12.0. The van der Waals surface area contributed by atoms with Crippen molar-refractivity contribution >= 4 is 11.5 Å². The van der Waals surface area contributed by atoms with Crippen LogP contribution in [-0.4, -0.2) is 26.3 Å². The number of hydrogen-bond acceptors (Lipinski definition) is 4. The fraction of sp³-hybridized carbons (Fsp3) is 0.480. The molecule has 0 aliphatic carbocycles. The summed E-state index contributed by atoms with van der Waals surface area (Å²) in [5, 5.41) is 0. The maximum Gasteiger partial charge on any atom is 0.331 e. The van der Waals surface area contributed by atoms with E-state index in [1.807, 2.05) is 31.2 Å². The molecule has 0 fully saturated rings. The Morgan fingerprint density at radius 1 is 1.24 bits per heavy atom. The zero-order valence-electron chi connectivity index (χ0n) is 18.4. The normalized spacial score (nSPS) is 15.9. The monoisotopic (exact) mass is 398 g/mol. The minimum absolute atomic E-state index is 0.112. The van der Waals surface area contributed by atoms with Crippen molar-refractivity contribution in [2.75, 3.05) is 20.3 Å². The van der Waals surface area contributed by atoms with E-state index < -0.39 is 0 Å². The summed E-state index contributed by atoms with van der Waals surface area (Å²) in [7, 11) is 1.66. The highest BCUT2D eigenvalue weighted by Gasteiger charge is 2.23. The van der Waals surface area contributed by atoms with E-state index in [2.05, 4.69) is 32.9 Å². The fourth-order valence-electron chi connectivity index (χ4n) is 3.24. The van der Waals surface area contributed by atoms with Gasteiger partial charge in [-0.25, -0.2) is 4.79 Å². The van der Waals surface area contributed by atoms with E-state index in [0.717, 1.165) is 53.9 Å². The second-order valence-corrected chi connectivity index (χ2v) is 8.00. The van der Waals surface area contributed by atoms with E-state index >= 15 is 0 Å². The molecule has 0 radical (unpaired) electrons. The van der Waals surface area contributed by atoms with Crippen LogP contribution in [0.25, 0.3) is 5.57 Å². The summed E-state index contributed by atoms with van der Waals surface area (Å²) >= 11 is 0. The minimum atomic E-state index is -0.288. The summed E-state index contributed by atoms with van der Waals surface area (Å²) in [5.74, 6) is 1.34. The number of allylic oxidation sites excluding steroid dienone is 4. The molecule has 1 aliphatic rings. The van der Waals surface area contributed by atoms with Gasteiger partial charge in [0.1, 0.15) is 11.5 Å². The van der Waals surface area contributed by atoms with Crippen LogP contribution in [0, 0.1) is 5.41 Å². The number of fused-ring (bicyclic) bond motifs is 1. The molecule has 0 amide bonds. The van der Waals surface area contributed by atoms with Crippen molar-refractivity contribution in [3.63, 3.8) is 0 Å². The second-order valence-electron chi connectivity index (χ2n) is 8.00. The smallest absolute Gasteiger partial charge is 0.331 e. The van der Waals surface area contributed by atoms with Gasteiger partial charge in [0.2, 0.25) is 0 Å². The number of rotatable bonds is 9. The van der Waals surface area contributed by atoms with Crippen LogP contribution in [0.1, 0.15) is 58.9 Å². The average Bonchev–Trinajstić information content (AvgIpc) is 2.81. The largest absolute Gasteiger partial charge is 0.497 e. The van der Waals surface area contributed by atoms with Gasteiger partial charge in [-0.2, -0.15) is 0 Å². The first-order valence-electron chi connectivity index (χ1n) is 10.5. The first-order chi connectivity index (χ1) is 13.9. The van der Waals surface area contributed by atoms with Gasteiger partial charge < -0.3 is 14.2 Å². The molecule has 0 unspecified atom stereocenters. The van der Waals surface area contributed by atoms with Crippen LogP contribution >= 0.6 is 0 Å². The topological polar surface area (TPSA) is 44.8 Å². The highest BCUT2D eigenvalue weighted by molar-refractivity contribution is 5.84. The van der Waals surface area contributed by atoms with Crippen molar-refractivity contribution in [3.05, 3.63) is 53.6 Å². The van der Waals surface area contributed by atoms with E-state index in [9.17, 15) is 4.79 Å². The van der Waals surface area contributed by atoms with Crippen LogP contribution in [0.15, 0.2) is 48.1 Å². The summed E-state index contributed by atoms with van der Waals surface area (Å²) in [6.45, 7) is 9.28. The number of esters is 1. The first-order valence-corrected chi connectivity index (χ1v) is 10.5.